The lowest BCUT2D eigenvalue weighted by molar-refractivity contribution is 0.101. The number of carbonyl (C=O) groups excluding carboxylic acids is 1. The van der Waals surface area contributed by atoms with E-state index >= 15 is 0 Å². The van der Waals surface area contributed by atoms with Gasteiger partial charge in [-0.25, -0.2) is 0 Å². The highest BCUT2D eigenvalue weighted by Gasteiger charge is 2.21. The van der Waals surface area contributed by atoms with E-state index in [1.807, 2.05) is 24.5 Å². The zero-order valence-electron chi connectivity index (χ0n) is 16.3. The van der Waals surface area contributed by atoms with Crippen LogP contribution in [0, 0.1) is 13.8 Å². The first kappa shape index (κ1) is 18.8. The van der Waals surface area contributed by atoms with Gasteiger partial charge in [0, 0.05) is 17.4 Å². The fourth-order valence-electron chi connectivity index (χ4n) is 3.44. The second-order valence-electron chi connectivity index (χ2n) is 7.28. The van der Waals surface area contributed by atoms with E-state index < -0.39 is 0 Å². The van der Waals surface area contributed by atoms with Crippen molar-refractivity contribution in [3.63, 3.8) is 0 Å². The number of hydrogen-bond donors (Lipinski definition) is 2. The van der Waals surface area contributed by atoms with E-state index in [4.69, 9.17) is 0 Å². The number of aromatic hydroxyl groups is 1. The maximum absolute atomic E-state index is 13.1. The molecule has 1 heterocycles. The Morgan fingerprint density at radius 1 is 1.22 bits per heavy atom. The Hall–Kier alpha value is -3.01. The molecule has 0 unspecified atom stereocenters. The van der Waals surface area contributed by atoms with Crippen LogP contribution in [0.4, 0.5) is 5.69 Å². The fourth-order valence-corrected chi connectivity index (χ4v) is 3.44. The first-order chi connectivity index (χ1) is 12.8. The molecule has 0 bridgehead atoms. The lowest BCUT2D eigenvalue weighted by Gasteiger charge is -2.11. The van der Waals surface area contributed by atoms with Gasteiger partial charge in [0.2, 0.25) is 0 Å². The number of allylic oxidation sites excluding steroid dienone is 1. The first-order valence-electron chi connectivity index (χ1n) is 9.18. The van der Waals surface area contributed by atoms with Gasteiger partial charge < -0.3 is 15.0 Å². The lowest BCUT2D eigenvalue weighted by Crippen LogP contribution is -2.18. The molecule has 1 amide bonds. The summed E-state index contributed by atoms with van der Waals surface area (Å²) in [5.74, 6) is 0.239. The number of amides is 1. The summed E-state index contributed by atoms with van der Waals surface area (Å²) in [5, 5.41) is 14.0. The number of aryl methyl sites for hydroxylation is 2. The van der Waals surface area contributed by atoms with Gasteiger partial charge in [-0.1, -0.05) is 32.1 Å². The van der Waals surface area contributed by atoms with Crippen LogP contribution in [-0.2, 0) is 6.54 Å². The fraction of sp³-hybridized carbons (Fsp3) is 0.261. The molecule has 2 aromatic carbocycles. The van der Waals surface area contributed by atoms with Crippen molar-refractivity contribution < 1.29 is 9.90 Å². The van der Waals surface area contributed by atoms with Gasteiger partial charge in [0.25, 0.3) is 5.91 Å². The van der Waals surface area contributed by atoms with Crippen molar-refractivity contribution in [1.29, 1.82) is 0 Å². The normalized spacial score (nSPS) is 11.1. The summed E-state index contributed by atoms with van der Waals surface area (Å²) in [6.45, 7) is 12.5. The number of hydrogen-bond acceptors (Lipinski definition) is 2. The Morgan fingerprint density at radius 2 is 1.96 bits per heavy atom. The Morgan fingerprint density at radius 3 is 2.59 bits per heavy atom. The molecular formula is C23H26N2O2. The van der Waals surface area contributed by atoms with E-state index in [0.29, 0.717) is 23.8 Å². The minimum Gasteiger partial charge on any atom is -0.506 e. The van der Waals surface area contributed by atoms with Crippen molar-refractivity contribution in [2.45, 2.75) is 40.2 Å². The Bertz CT molecular complexity index is 1030. The molecular weight excluding hydrogens is 336 g/mol. The topological polar surface area (TPSA) is 54.3 Å². The van der Waals surface area contributed by atoms with Crippen LogP contribution in [0.5, 0.6) is 5.75 Å². The summed E-state index contributed by atoms with van der Waals surface area (Å²) in [6.07, 6.45) is 1.79. The highest BCUT2D eigenvalue weighted by molar-refractivity contribution is 6.09. The summed E-state index contributed by atoms with van der Waals surface area (Å²) in [4.78, 5) is 13.1. The number of fused-ring (bicyclic) bond motifs is 1. The van der Waals surface area contributed by atoms with Crippen LogP contribution >= 0.6 is 0 Å². The summed E-state index contributed by atoms with van der Waals surface area (Å²) in [6, 6.07) is 11.6. The second-order valence-corrected chi connectivity index (χ2v) is 7.28. The van der Waals surface area contributed by atoms with Crippen LogP contribution in [0.2, 0.25) is 0 Å². The molecule has 0 atom stereocenters. The van der Waals surface area contributed by atoms with Crippen molar-refractivity contribution in [2.75, 3.05) is 5.32 Å². The Kier molecular flexibility index (Phi) is 5.08. The van der Waals surface area contributed by atoms with E-state index in [-0.39, 0.29) is 11.7 Å². The van der Waals surface area contributed by atoms with E-state index in [9.17, 15) is 9.90 Å². The number of anilines is 1. The molecule has 4 heteroatoms. The Balaban J connectivity index is 2.11. The molecule has 0 aliphatic rings. The molecule has 0 fully saturated rings. The van der Waals surface area contributed by atoms with Crippen molar-refractivity contribution in [1.82, 2.24) is 4.57 Å². The van der Waals surface area contributed by atoms with E-state index in [1.165, 1.54) is 5.56 Å². The van der Waals surface area contributed by atoms with Crippen molar-refractivity contribution in [3.8, 4) is 5.75 Å². The van der Waals surface area contributed by atoms with Crippen molar-refractivity contribution in [3.05, 3.63) is 71.4 Å². The van der Waals surface area contributed by atoms with Crippen molar-refractivity contribution in [2.24, 2.45) is 0 Å². The summed E-state index contributed by atoms with van der Waals surface area (Å²) >= 11 is 0. The number of benzene rings is 2. The highest BCUT2D eigenvalue weighted by Crippen LogP contribution is 2.31. The maximum atomic E-state index is 13.1. The molecule has 0 radical (unpaired) electrons. The van der Waals surface area contributed by atoms with Gasteiger partial charge in [0.1, 0.15) is 11.4 Å². The molecule has 0 saturated carbocycles. The number of carbonyl (C=O) groups is 1. The van der Waals surface area contributed by atoms with Crippen LogP contribution in [0.25, 0.3) is 10.9 Å². The third-order valence-corrected chi connectivity index (χ3v) is 4.94. The van der Waals surface area contributed by atoms with Gasteiger partial charge in [0.15, 0.2) is 0 Å². The van der Waals surface area contributed by atoms with Gasteiger partial charge >= 0.3 is 0 Å². The number of rotatable bonds is 5. The van der Waals surface area contributed by atoms with Crippen LogP contribution in [-0.4, -0.2) is 15.6 Å². The minimum absolute atomic E-state index is 0.0643. The van der Waals surface area contributed by atoms with Gasteiger partial charge in [-0.2, -0.15) is 0 Å². The smallest absolute Gasteiger partial charge is 0.272 e. The summed E-state index contributed by atoms with van der Waals surface area (Å²) in [5.41, 5.74) is 5.11. The van der Waals surface area contributed by atoms with E-state index in [2.05, 4.69) is 43.9 Å². The molecule has 27 heavy (non-hydrogen) atoms. The van der Waals surface area contributed by atoms with Crippen LogP contribution in [0.3, 0.4) is 0 Å². The van der Waals surface area contributed by atoms with Crippen molar-refractivity contribution >= 4 is 22.5 Å². The standard InChI is InChI=1S/C23H26N2O2/c1-6-11-25-20-10-8-17(14(2)3)13-18(20)16(5)22(25)23(27)24-19-9-7-15(4)12-21(19)26/h6-10,12-14,26H,1,11H2,2-5H3,(H,24,27). The molecule has 3 aromatic rings. The SMILES string of the molecule is C=CCn1c(C(=O)Nc2ccc(C)cc2O)c(C)c2cc(C(C)C)ccc21. The lowest BCUT2D eigenvalue weighted by atomic mass is 10.0. The van der Waals surface area contributed by atoms with E-state index in [0.717, 1.165) is 22.0 Å². The van der Waals surface area contributed by atoms with Gasteiger partial charge in [-0.15, -0.1) is 6.58 Å². The molecule has 2 N–H and O–H groups in total. The van der Waals surface area contributed by atoms with Crippen LogP contribution in [0.15, 0.2) is 49.1 Å². The maximum Gasteiger partial charge on any atom is 0.272 e. The monoisotopic (exact) mass is 362 g/mol. The first-order valence-corrected chi connectivity index (χ1v) is 9.18. The predicted molar refractivity (Wildman–Crippen MR) is 112 cm³/mol. The summed E-state index contributed by atoms with van der Waals surface area (Å²) < 4.78 is 1.97. The number of nitrogens with zero attached hydrogens (tertiary/aromatic N) is 1. The molecule has 1 aromatic heterocycles. The van der Waals surface area contributed by atoms with Crippen LogP contribution in [0.1, 0.15) is 46.9 Å². The molecule has 4 nitrogen and oxygen atoms in total. The summed E-state index contributed by atoms with van der Waals surface area (Å²) in [7, 11) is 0. The Labute approximate surface area is 160 Å². The largest absolute Gasteiger partial charge is 0.506 e. The molecule has 0 spiro atoms. The zero-order chi connectivity index (χ0) is 19.7. The number of phenols is 1. The van der Waals surface area contributed by atoms with Crippen LogP contribution < -0.4 is 5.32 Å². The quantitative estimate of drug-likeness (QED) is 0.463. The number of nitrogens with one attached hydrogen (secondary N) is 1. The predicted octanol–water partition coefficient (Wildman–Crippen LogP) is 5.53. The molecule has 0 aliphatic carbocycles. The minimum atomic E-state index is -0.240. The third kappa shape index (κ3) is 3.47. The molecule has 140 valence electrons. The number of aromatic nitrogens is 1. The second kappa shape index (κ2) is 7.31. The zero-order valence-corrected chi connectivity index (χ0v) is 16.3. The van der Waals surface area contributed by atoms with Gasteiger partial charge in [0.05, 0.1) is 5.69 Å². The van der Waals surface area contributed by atoms with Gasteiger partial charge in [-0.3, -0.25) is 4.79 Å². The number of phenolic OH excluding ortho intramolecular Hbond substituents is 1. The molecule has 0 saturated heterocycles. The highest BCUT2D eigenvalue weighted by atomic mass is 16.3. The average molecular weight is 362 g/mol. The third-order valence-electron chi connectivity index (χ3n) is 4.94. The molecule has 3 rings (SSSR count). The molecule has 0 aliphatic heterocycles. The van der Waals surface area contributed by atoms with E-state index in [1.54, 1.807) is 18.2 Å². The van der Waals surface area contributed by atoms with Gasteiger partial charge in [-0.05, 0) is 60.7 Å². The average Bonchev–Trinajstić information content (AvgIpc) is 2.89.